The van der Waals surface area contributed by atoms with E-state index < -0.39 is 0 Å². The Morgan fingerprint density at radius 2 is 1.00 bits per heavy atom. The van der Waals surface area contributed by atoms with Crippen LogP contribution in [0.15, 0.2) is 48.5 Å². The van der Waals surface area contributed by atoms with Crippen molar-refractivity contribution in [1.29, 1.82) is 0 Å². The highest BCUT2D eigenvalue weighted by Crippen LogP contribution is 2.63. The maximum absolute atomic E-state index is 13.1. The van der Waals surface area contributed by atoms with Crippen molar-refractivity contribution in [1.82, 2.24) is 0 Å². The van der Waals surface area contributed by atoms with Gasteiger partial charge in [-0.1, -0.05) is 38.1 Å². The highest BCUT2D eigenvalue weighted by Gasteiger charge is 2.60. The lowest BCUT2D eigenvalue weighted by molar-refractivity contribution is 0.621. The molecule has 2 unspecified atom stereocenters. The van der Waals surface area contributed by atoms with Crippen LogP contribution in [0.5, 0.6) is 0 Å². The van der Waals surface area contributed by atoms with Crippen molar-refractivity contribution in [3.05, 3.63) is 71.3 Å². The molecule has 0 saturated heterocycles. The second-order valence-electron chi connectivity index (χ2n) is 5.46. The lowest BCUT2D eigenvalue weighted by Crippen LogP contribution is -2.13. The van der Waals surface area contributed by atoms with Gasteiger partial charge in [-0.2, -0.15) is 0 Å². The minimum absolute atomic E-state index is 0.0958. The van der Waals surface area contributed by atoms with Gasteiger partial charge >= 0.3 is 0 Å². The Balaban J connectivity index is 2.11. The van der Waals surface area contributed by atoms with Crippen molar-refractivity contribution in [2.45, 2.75) is 19.3 Å². The molecular formula is C17H16F2. The van der Waals surface area contributed by atoms with Crippen LogP contribution in [0, 0.1) is 23.5 Å². The minimum Gasteiger partial charge on any atom is -0.207 e. The molecule has 0 heterocycles. The van der Waals surface area contributed by atoms with E-state index in [4.69, 9.17) is 0 Å². The Hall–Kier alpha value is -1.70. The zero-order valence-electron chi connectivity index (χ0n) is 11.0. The first kappa shape index (κ1) is 12.3. The van der Waals surface area contributed by atoms with Crippen molar-refractivity contribution in [2.75, 3.05) is 0 Å². The summed E-state index contributed by atoms with van der Waals surface area (Å²) in [5, 5.41) is 0. The Morgan fingerprint density at radius 3 is 1.26 bits per heavy atom. The van der Waals surface area contributed by atoms with Gasteiger partial charge in [-0.3, -0.25) is 0 Å². The molecule has 0 amide bonds. The van der Waals surface area contributed by atoms with Gasteiger partial charge in [0.1, 0.15) is 11.6 Å². The van der Waals surface area contributed by atoms with Gasteiger partial charge in [0.15, 0.2) is 0 Å². The van der Waals surface area contributed by atoms with Crippen LogP contribution < -0.4 is 0 Å². The average molecular weight is 258 g/mol. The number of rotatable bonds is 2. The largest absolute Gasteiger partial charge is 0.207 e. The summed E-state index contributed by atoms with van der Waals surface area (Å²) in [5.74, 6) is 0.504. The number of hydrogen-bond acceptors (Lipinski definition) is 0. The summed E-state index contributed by atoms with van der Waals surface area (Å²) in [4.78, 5) is 0. The van der Waals surface area contributed by atoms with E-state index in [0.717, 1.165) is 11.1 Å². The van der Waals surface area contributed by atoms with Gasteiger partial charge < -0.3 is 0 Å². The maximum atomic E-state index is 13.1. The van der Waals surface area contributed by atoms with Gasteiger partial charge in [0, 0.05) is 5.41 Å². The van der Waals surface area contributed by atoms with Crippen LogP contribution in [-0.2, 0) is 5.41 Å². The van der Waals surface area contributed by atoms with Crippen LogP contribution in [0.25, 0.3) is 0 Å². The SMILES string of the molecule is CC1C(C)C1(c1ccc(F)cc1)c1ccc(F)cc1. The van der Waals surface area contributed by atoms with Gasteiger partial charge in [-0.15, -0.1) is 0 Å². The molecule has 1 saturated carbocycles. The molecule has 98 valence electrons. The number of halogens is 2. The van der Waals surface area contributed by atoms with Crippen molar-refractivity contribution in [2.24, 2.45) is 11.8 Å². The topological polar surface area (TPSA) is 0 Å². The fraction of sp³-hybridized carbons (Fsp3) is 0.294. The maximum Gasteiger partial charge on any atom is 0.123 e. The predicted octanol–water partition coefficient (Wildman–Crippen LogP) is 4.54. The van der Waals surface area contributed by atoms with Crippen LogP contribution in [0.3, 0.4) is 0 Å². The van der Waals surface area contributed by atoms with E-state index in [0.29, 0.717) is 11.8 Å². The first-order chi connectivity index (χ1) is 9.06. The summed E-state index contributed by atoms with van der Waals surface area (Å²) in [6.45, 7) is 4.38. The van der Waals surface area contributed by atoms with Crippen LogP contribution in [0.2, 0.25) is 0 Å². The molecule has 19 heavy (non-hydrogen) atoms. The molecule has 1 aliphatic carbocycles. The van der Waals surface area contributed by atoms with Crippen molar-refractivity contribution in [3.8, 4) is 0 Å². The van der Waals surface area contributed by atoms with Gasteiger partial charge in [-0.05, 0) is 47.2 Å². The molecule has 0 aromatic heterocycles. The van der Waals surface area contributed by atoms with E-state index in [1.54, 1.807) is 0 Å². The first-order valence-corrected chi connectivity index (χ1v) is 6.59. The molecular weight excluding hydrogens is 242 g/mol. The Bertz CT molecular complexity index is 528. The van der Waals surface area contributed by atoms with Crippen LogP contribution in [0.4, 0.5) is 8.78 Å². The summed E-state index contributed by atoms with van der Waals surface area (Å²) >= 11 is 0. The van der Waals surface area contributed by atoms with Gasteiger partial charge in [0.2, 0.25) is 0 Å². The van der Waals surface area contributed by atoms with Crippen molar-refractivity contribution >= 4 is 0 Å². The van der Waals surface area contributed by atoms with Gasteiger partial charge in [0.25, 0.3) is 0 Å². The molecule has 2 atom stereocenters. The van der Waals surface area contributed by atoms with Gasteiger partial charge in [0.05, 0.1) is 0 Å². The van der Waals surface area contributed by atoms with E-state index in [-0.39, 0.29) is 17.0 Å². The van der Waals surface area contributed by atoms with E-state index in [9.17, 15) is 8.78 Å². The lowest BCUT2D eigenvalue weighted by Gasteiger charge is -2.19. The standard InChI is InChI=1S/C17H16F2/c1-11-12(2)17(11,13-3-7-15(18)8-4-13)14-5-9-16(19)10-6-14/h3-12H,1-2H3. The molecule has 2 aromatic carbocycles. The van der Waals surface area contributed by atoms with Crippen LogP contribution >= 0.6 is 0 Å². The summed E-state index contributed by atoms with van der Waals surface area (Å²) < 4.78 is 26.2. The first-order valence-electron chi connectivity index (χ1n) is 6.59. The monoisotopic (exact) mass is 258 g/mol. The number of hydrogen-bond donors (Lipinski definition) is 0. The third kappa shape index (κ3) is 1.70. The number of benzene rings is 2. The summed E-state index contributed by atoms with van der Waals surface area (Å²) in [5.41, 5.74) is 2.13. The summed E-state index contributed by atoms with van der Waals surface area (Å²) in [6, 6.07) is 13.4. The third-order valence-electron chi connectivity index (χ3n) is 4.72. The van der Waals surface area contributed by atoms with Crippen molar-refractivity contribution in [3.63, 3.8) is 0 Å². The Labute approximate surface area is 112 Å². The Morgan fingerprint density at radius 1 is 0.684 bits per heavy atom. The third-order valence-corrected chi connectivity index (χ3v) is 4.72. The molecule has 0 aliphatic heterocycles. The van der Waals surface area contributed by atoms with E-state index >= 15 is 0 Å². The zero-order valence-corrected chi connectivity index (χ0v) is 11.0. The highest BCUT2D eigenvalue weighted by molar-refractivity contribution is 5.48. The molecule has 0 nitrogen and oxygen atoms in total. The van der Waals surface area contributed by atoms with E-state index in [1.807, 2.05) is 24.3 Å². The zero-order chi connectivity index (χ0) is 13.6. The molecule has 0 bridgehead atoms. The highest BCUT2D eigenvalue weighted by atomic mass is 19.1. The smallest absolute Gasteiger partial charge is 0.123 e. The molecule has 0 N–H and O–H groups in total. The molecule has 2 aromatic rings. The van der Waals surface area contributed by atoms with E-state index in [1.165, 1.54) is 24.3 Å². The quantitative estimate of drug-likeness (QED) is 0.742. The summed E-state index contributed by atoms with van der Waals surface area (Å²) in [7, 11) is 0. The molecule has 2 heteroatoms. The van der Waals surface area contributed by atoms with Gasteiger partial charge in [-0.25, -0.2) is 8.78 Å². The lowest BCUT2D eigenvalue weighted by atomic mass is 9.84. The molecule has 3 rings (SSSR count). The molecule has 0 spiro atoms. The molecule has 0 radical (unpaired) electrons. The van der Waals surface area contributed by atoms with Crippen LogP contribution in [-0.4, -0.2) is 0 Å². The van der Waals surface area contributed by atoms with E-state index in [2.05, 4.69) is 13.8 Å². The normalized spacial score (nSPS) is 24.2. The fourth-order valence-electron chi connectivity index (χ4n) is 3.45. The Kier molecular flexibility index (Phi) is 2.70. The van der Waals surface area contributed by atoms with Crippen molar-refractivity contribution < 1.29 is 8.78 Å². The molecule has 1 fully saturated rings. The molecule has 1 aliphatic rings. The average Bonchev–Trinajstić information content (AvgIpc) is 2.95. The second-order valence-corrected chi connectivity index (χ2v) is 5.46. The fourth-order valence-corrected chi connectivity index (χ4v) is 3.45. The van der Waals surface area contributed by atoms with Crippen LogP contribution in [0.1, 0.15) is 25.0 Å². The minimum atomic E-state index is -0.223. The predicted molar refractivity (Wildman–Crippen MR) is 71.9 cm³/mol. The summed E-state index contributed by atoms with van der Waals surface area (Å²) in [6.07, 6.45) is 0. The second kappa shape index (κ2) is 4.16.